The van der Waals surface area contributed by atoms with E-state index in [0.717, 1.165) is 39.4 Å². The zero-order valence-electron chi connectivity index (χ0n) is 16.4. The number of ether oxygens (including phenoxy) is 2. The lowest BCUT2D eigenvalue weighted by Gasteiger charge is -2.33. The third-order valence-electron chi connectivity index (χ3n) is 4.18. The van der Waals surface area contributed by atoms with Gasteiger partial charge in [0, 0.05) is 39.4 Å². The first-order valence-electron chi connectivity index (χ1n) is 9.39. The van der Waals surface area contributed by atoms with Gasteiger partial charge in [-0.15, -0.1) is 0 Å². The Labute approximate surface area is 148 Å². The van der Waals surface area contributed by atoms with Gasteiger partial charge in [-0.1, -0.05) is 12.1 Å². The molecule has 1 rings (SSSR count). The number of rotatable bonds is 12. The third kappa shape index (κ3) is 6.33. The second-order valence-corrected chi connectivity index (χ2v) is 6.10. The molecule has 1 aromatic carbocycles. The Bertz CT molecular complexity index is 412. The third-order valence-corrected chi connectivity index (χ3v) is 4.18. The first kappa shape index (κ1) is 20.8. The second kappa shape index (κ2) is 11.3. The lowest BCUT2D eigenvalue weighted by atomic mass is 10.2. The minimum absolute atomic E-state index is 0.223. The molecule has 0 saturated carbocycles. The summed E-state index contributed by atoms with van der Waals surface area (Å²) in [5.41, 5.74) is 2.55. The van der Waals surface area contributed by atoms with Crippen molar-refractivity contribution in [3.05, 3.63) is 24.3 Å². The predicted octanol–water partition coefficient (Wildman–Crippen LogP) is 4.19. The Balaban J connectivity index is 2.98. The first-order valence-corrected chi connectivity index (χ1v) is 9.39. The standard InChI is InChI=1S/C20H36N2O2/c1-7-21(15-17(5)23-9-3)19-13-11-12-14-20(19)22(8-2)16-18(6)24-10-4/h11-14,17-18H,7-10,15-16H2,1-6H3. The van der Waals surface area contributed by atoms with Crippen LogP contribution < -0.4 is 9.80 Å². The van der Waals surface area contributed by atoms with Crippen LogP contribution in [0.5, 0.6) is 0 Å². The molecular weight excluding hydrogens is 300 g/mol. The van der Waals surface area contributed by atoms with Gasteiger partial charge in [-0.05, 0) is 53.7 Å². The van der Waals surface area contributed by atoms with Crippen LogP contribution in [0.15, 0.2) is 24.3 Å². The van der Waals surface area contributed by atoms with Gasteiger partial charge in [0.25, 0.3) is 0 Å². The van der Waals surface area contributed by atoms with Gasteiger partial charge in [-0.3, -0.25) is 0 Å². The minimum Gasteiger partial charge on any atom is -0.377 e. The molecule has 1 aromatic rings. The van der Waals surface area contributed by atoms with E-state index in [9.17, 15) is 0 Å². The van der Waals surface area contributed by atoms with Crippen LogP contribution in [-0.4, -0.2) is 51.6 Å². The normalized spacial score (nSPS) is 13.6. The van der Waals surface area contributed by atoms with Crippen LogP contribution in [0.3, 0.4) is 0 Å². The highest BCUT2D eigenvalue weighted by molar-refractivity contribution is 5.71. The maximum Gasteiger partial charge on any atom is 0.0721 e. The van der Waals surface area contributed by atoms with Crippen molar-refractivity contribution < 1.29 is 9.47 Å². The molecule has 24 heavy (non-hydrogen) atoms. The number of likely N-dealkylation sites (N-methyl/N-ethyl adjacent to an activating group) is 2. The van der Waals surface area contributed by atoms with Crippen LogP contribution >= 0.6 is 0 Å². The van der Waals surface area contributed by atoms with Crippen LogP contribution in [0.1, 0.15) is 41.5 Å². The number of hydrogen-bond acceptors (Lipinski definition) is 4. The molecule has 0 spiro atoms. The number of benzene rings is 1. The van der Waals surface area contributed by atoms with Crippen LogP contribution in [0.4, 0.5) is 11.4 Å². The van der Waals surface area contributed by atoms with Gasteiger partial charge in [-0.25, -0.2) is 0 Å². The maximum atomic E-state index is 5.74. The smallest absolute Gasteiger partial charge is 0.0721 e. The lowest BCUT2D eigenvalue weighted by molar-refractivity contribution is 0.0803. The van der Waals surface area contributed by atoms with E-state index in [1.165, 1.54) is 11.4 Å². The van der Waals surface area contributed by atoms with Crippen molar-refractivity contribution in [2.24, 2.45) is 0 Å². The molecule has 0 radical (unpaired) electrons. The zero-order valence-corrected chi connectivity index (χ0v) is 16.4. The van der Waals surface area contributed by atoms with Crippen molar-refractivity contribution in [1.29, 1.82) is 0 Å². The van der Waals surface area contributed by atoms with E-state index in [0.29, 0.717) is 0 Å². The molecule has 138 valence electrons. The second-order valence-electron chi connectivity index (χ2n) is 6.10. The molecule has 0 bridgehead atoms. The molecular formula is C20H36N2O2. The fourth-order valence-electron chi connectivity index (χ4n) is 3.09. The molecule has 2 atom stereocenters. The molecule has 0 amide bonds. The average molecular weight is 337 g/mol. The van der Waals surface area contributed by atoms with Gasteiger partial charge in [0.05, 0.1) is 23.6 Å². The Morgan fingerprint density at radius 2 is 1.12 bits per heavy atom. The maximum absolute atomic E-state index is 5.74. The Kier molecular flexibility index (Phi) is 9.80. The van der Waals surface area contributed by atoms with Gasteiger partial charge in [0.1, 0.15) is 0 Å². The molecule has 0 aromatic heterocycles. The molecule has 2 unspecified atom stereocenters. The number of nitrogens with zero attached hydrogens (tertiary/aromatic N) is 2. The molecule has 0 saturated heterocycles. The van der Waals surface area contributed by atoms with E-state index in [-0.39, 0.29) is 12.2 Å². The quantitative estimate of drug-likeness (QED) is 0.571. The first-order chi connectivity index (χ1) is 11.6. The highest BCUT2D eigenvalue weighted by Gasteiger charge is 2.17. The summed E-state index contributed by atoms with van der Waals surface area (Å²) in [4.78, 5) is 4.81. The van der Waals surface area contributed by atoms with Crippen LogP contribution in [0.25, 0.3) is 0 Å². The monoisotopic (exact) mass is 336 g/mol. The van der Waals surface area contributed by atoms with E-state index in [4.69, 9.17) is 9.47 Å². The molecule has 0 aliphatic carbocycles. The fourth-order valence-corrected chi connectivity index (χ4v) is 3.09. The van der Waals surface area contributed by atoms with Gasteiger partial charge >= 0.3 is 0 Å². The highest BCUT2D eigenvalue weighted by Crippen LogP contribution is 2.29. The van der Waals surface area contributed by atoms with Crippen LogP contribution in [0.2, 0.25) is 0 Å². The molecule has 0 aliphatic rings. The molecule has 4 heteroatoms. The molecule has 0 fully saturated rings. The summed E-state index contributed by atoms with van der Waals surface area (Å²) < 4.78 is 11.5. The molecule has 0 aliphatic heterocycles. The van der Waals surface area contributed by atoms with E-state index in [1.807, 2.05) is 0 Å². The van der Waals surface area contributed by atoms with E-state index >= 15 is 0 Å². The van der Waals surface area contributed by atoms with Crippen LogP contribution in [0, 0.1) is 0 Å². The lowest BCUT2D eigenvalue weighted by Crippen LogP contribution is -2.36. The number of anilines is 2. The Hall–Kier alpha value is -1.26. The van der Waals surface area contributed by atoms with Crippen molar-refractivity contribution in [2.75, 3.05) is 49.2 Å². The van der Waals surface area contributed by atoms with Gasteiger partial charge < -0.3 is 19.3 Å². The largest absolute Gasteiger partial charge is 0.377 e. The van der Waals surface area contributed by atoms with Crippen molar-refractivity contribution in [3.63, 3.8) is 0 Å². The van der Waals surface area contributed by atoms with Crippen molar-refractivity contribution in [1.82, 2.24) is 0 Å². The Morgan fingerprint density at radius 3 is 1.42 bits per heavy atom. The van der Waals surface area contributed by atoms with Crippen LogP contribution in [-0.2, 0) is 9.47 Å². The van der Waals surface area contributed by atoms with Crippen molar-refractivity contribution in [2.45, 2.75) is 53.8 Å². The molecule has 0 N–H and O–H groups in total. The topological polar surface area (TPSA) is 24.9 Å². The number of para-hydroxylation sites is 2. The minimum atomic E-state index is 0.223. The summed E-state index contributed by atoms with van der Waals surface area (Å²) in [6.45, 7) is 18.0. The number of hydrogen-bond donors (Lipinski definition) is 0. The van der Waals surface area contributed by atoms with Gasteiger partial charge in [-0.2, -0.15) is 0 Å². The van der Waals surface area contributed by atoms with E-state index in [1.54, 1.807) is 0 Å². The van der Waals surface area contributed by atoms with E-state index < -0.39 is 0 Å². The predicted molar refractivity (Wildman–Crippen MR) is 104 cm³/mol. The molecule has 0 heterocycles. The SMILES string of the molecule is CCOC(C)CN(CC)c1ccccc1N(CC)CC(C)OCC. The van der Waals surface area contributed by atoms with E-state index in [2.05, 4.69) is 75.6 Å². The molecule has 4 nitrogen and oxygen atoms in total. The summed E-state index contributed by atoms with van der Waals surface area (Å²) >= 11 is 0. The zero-order chi connectivity index (χ0) is 17.9. The summed E-state index contributed by atoms with van der Waals surface area (Å²) in [6.07, 6.45) is 0.445. The average Bonchev–Trinajstić information content (AvgIpc) is 2.58. The highest BCUT2D eigenvalue weighted by atomic mass is 16.5. The summed E-state index contributed by atoms with van der Waals surface area (Å²) in [6, 6.07) is 8.66. The van der Waals surface area contributed by atoms with Crippen molar-refractivity contribution >= 4 is 11.4 Å². The summed E-state index contributed by atoms with van der Waals surface area (Å²) in [7, 11) is 0. The van der Waals surface area contributed by atoms with Gasteiger partial charge in [0.2, 0.25) is 0 Å². The Morgan fingerprint density at radius 1 is 0.750 bits per heavy atom. The fraction of sp³-hybridized carbons (Fsp3) is 0.700. The van der Waals surface area contributed by atoms with Gasteiger partial charge in [0.15, 0.2) is 0 Å². The summed E-state index contributed by atoms with van der Waals surface area (Å²) in [5.74, 6) is 0. The summed E-state index contributed by atoms with van der Waals surface area (Å²) in [5, 5.41) is 0. The van der Waals surface area contributed by atoms with Crippen molar-refractivity contribution in [3.8, 4) is 0 Å².